The molecule has 1 saturated heterocycles. The first-order valence-corrected chi connectivity index (χ1v) is 9.25. The van der Waals surface area contributed by atoms with E-state index in [0.29, 0.717) is 28.3 Å². The molecular weight excluding hydrogens is 337 g/mol. The Morgan fingerprint density at radius 2 is 2.17 bits per heavy atom. The van der Waals surface area contributed by atoms with E-state index in [4.69, 9.17) is 0 Å². The number of halogens is 1. The summed E-state index contributed by atoms with van der Waals surface area (Å²) in [7, 11) is -2.21. The van der Waals surface area contributed by atoms with Crippen LogP contribution in [0.25, 0.3) is 0 Å². The average Bonchev–Trinajstić information content (AvgIpc) is 2.66. The molecule has 1 aromatic rings. The summed E-state index contributed by atoms with van der Waals surface area (Å²) in [6.45, 7) is 2.20. The van der Waals surface area contributed by atoms with Crippen LogP contribution in [-0.4, -0.2) is 50.5 Å². The van der Waals surface area contributed by atoms with Gasteiger partial charge in [-0.15, -0.1) is 0 Å². The summed E-state index contributed by atoms with van der Waals surface area (Å²) in [4.78, 5) is 13.5. The fraction of sp³-hybridized carbons (Fsp3) is 0.533. The number of fused-ring (bicyclic) bond motifs is 1. The molecule has 0 saturated carbocycles. The summed E-state index contributed by atoms with van der Waals surface area (Å²) < 4.78 is 41.5. The average molecular weight is 357 g/mol. The van der Waals surface area contributed by atoms with Crippen LogP contribution in [0.1, 0.15) is 24.5 Å². The molecule has 7 nitrogen and oxygen atoms in total. The number of phenols is 1. The number of amides is 1. The van der Waals surface area contributed by atoms with Crippen LogP contribution in [0.5, 0.6) is 5.75 Å². The van der Waals surface area contributed by atoms with Crippen molar-refractivity contribution in [1.29, 1.82) is 0 Å². The second-order valence-corrected chi connectivity index (χ2v) is 7.82. The predicted octanol–water partition coefficient (Wildman–Crippen LogP) is 0.521. The van der Waals surface area contributed by atoms with Gasteiger partial charge in [-0.05, 0) is 43.5 Å². The van der Waals surface area contributed by atoms with Gasteiger partial charge >= 0.3 is 10.2 Å². The summed E-state index contributed by atoms with van der Waals surface area (Å²) in [6.07, 6.45) is 1.82. The molecule has 0 bridgehead atoms. The zero-order valence-electron chi connectivity index (χ0n) is 13.5. The SMILES string of the molecule is CCC1Cc2c(cc(O)c(N3CC(=O)NS3(=O)=O)c2F)CCN1C. The number of nitrogens with zero attached hydrogens (tertiary/aromatic N) is 2. The third kappa shape index (κ3) is 2.71. The van der Waals surface area contributed by atoms with Gasteiger partial charge in [-0.25, -0.2) is 13.4 Å². The van der Waals surface area contributed by atoms with Crippen molar-refractivity contribution in [2.75, 3.05) is 24.4 Å². The molecule has 1 aromatic carbocycles. The molecule has 9 heteroatoms. The molecule has 0 spiro atoms. The first-order valence-electron chi connectivity index (χ1n) is 7.81. The Balaban J connectivity index is 2.13. The molecule has 1 amide bonds. The molecule has 3 rings (SSSR count). The normalized spacial score (nSPS) is 23.7. The number of hydrogen-bond acceptors (Lipinski definition) is 5. The van der Waals surface area contributed by atoms with Gasteiger partial charge in [0.15, 0.2) is 5.82 Å². The molecule has 2 aliphatic rings. The van der Waals surface area contributed by atoms with E-state index in [0.717, 1.165) is 13.0 Å². The Hall–Kier alpha value is -1.87. The highest BCUT2D eigenvalue weighted by atomic mass is 32.2. The third-order valence-electron chi connectivity index (χ3n) is 4.75. The van der Waals surface area contributed by atoms with Crippen LogP contribution in [0.4, 0.5) is 10.1 Å². The van der Waals surface area contributed by atoms with E-state index < -0.39 is 39.9 Å². The molecular formula is C15H20FN3O4S. The van der Waals surface area contributed by atoms with Crippen LogP contribution < -0.4 is 9.03 Å². The Morgan fingerprint density at radius 1 is 1.46 bits per heavy atom. The molecule has 1 atom stereocenters. The Bertz CT molecular complexity index is 796. The van der Waals surface area contributed by atoms with Crippen LogP contribution in [-0.2, 0) is 27.8 Å². The highest BCUT2D eigenvalue weighted by molar-refractivity contribution is 7.92. The van der Waals surface area contributed by atoms with Crippen LogP contribution in [0, 0.1) is 5.82 Å². The van der Waals surface area contributed by atoms with E-state index in [1.807, 2.05) is 14.0 Å². The highest BCUT2D eigenvalue weighted by Crippen LogP contribution is 2.39. The van der Waals surface area contributed by atoms with E-state index >= 15 is 4.39 Å². The summed E-state index contributed by atoms with van der Waals surface area (Å²) >= 11 is 0. The van der Waals surface area contributed by atoms with Gasteiger partial charge in [-0.3, -0.25) is 4.79 Å². The van der Waals surface area contributed by atoms with Gasteiger partial charge in [-0.2, -0.15) is 8.42 Å². The van der Waals surface area contributed by atoms with Crippen LogP contribution in [0.3, 0.4) is 0 Å². The largest absolute Gasteiger partial charge is 0.506 e. The number of carbonyl (C=O) groups excluding carboxylic acids is 1. The number of likely N-dealkylation sites (N-methyl/N-ethyl adjacent to an activating group) is 1. The first-order chi connectivity index (χ1) is 11.2. The van der Waals surface area contributed by atoms with Crippen molar-refractivity contribution in [1.82, 2.24) is 9.62 Å². The molecule has 2 aliphatic heterocycles. The van der Waals surface area contributed by atoms with Gasteiger partial charge in [0.2, 0.25) is 0 Å². The number of aromatic hydroxyl groups is 1. The molecule has 132 valence electrons. The molecule has 0 radical (unpaired) electrons. The zero-order chi connectivity index (χ0) is 17.6. The smallest absolute Gasteiger partial charge is 0.326 e. The van der Waals surface area contributed by atoms with Gasteiger partial charge in [0.25, 0.3) is 5.91 Å². The minimum absolute atomic E-state index is 0.132. The van der Waals surface area contributed by atoms with Crippen molar-refractivity contribution in [3.05, 3.63) is 23.0 Å². The van der Waals surface area contributed by atoms with Gasteiger partial charge in [0, 0.05) is 12.6 Å². The van der Waals surface area contributed by atoms with Gasteiger partial charge in [0.05, 0.1) is 0 Å². The lowest BCUT2D eigenvalue weighted by atomic mass is 9.97. The number of anilines is 1. The van der Waals surface area contributed by atoms with Crippen molar-refractivity contribution >= 4 is 21.8 Å². The standard InChI is InChI=1S/C15H20FN3O4S/c1-3-10-7-11-9(4-5-18(10)2)6-12(20)15(14(11)16)19-8-13(21)17-24(19,22)23/h6,10,20H,3-5,7-8H2,1-2H3,(H,17,21). The molecule has 2 N–H and O–H groups in total. The fourth-order valence-corrected chi connectivity index (χ4v) is 4.53. The van der Waals surface area contributed by atoms with Gasteiger partial charge in [0.1, 0.15) is 18.0 Å². The predicted molar refractivity (Wildman–Crippen MR) is 86.6 cm³/mol. The molecule has 1 unspecified atom stereocenters. The van der Waals surface area contributed by atoms with E-state index in [1.165, 1.54) is 6.07 Å². The quantitative estimate of drug-likeness (QED) is 0.806. The van der Waals surface area contributed by atoms with Crippen molar-refractivity contribution < 1.29 is 22.7 Å². The lowest BCUT2D eigenvalue weighted by molar-refractivity contribution is -0.117. The summed E-state index contributed by atoms with van der Waals surface area (Å²) in [5.41, 5.74) is 0.632. The maximum atomic E-state index is 15.1. The van der Waals surface area contributed by atoms with Crippen LogP contribution >= 0.6 is 0 Å². The lowest BCUT2D eigenvalue weighted by Crippen LogP contribution is -2.33. The van der Waals surface area contributed by atoms with E-state index in [-0.39, 0.29) is 6.04 Å². The summed E-state index contributed by atoms with van der Waals surface area (Å²) in [6, 6.07) is 1.55. The fourth-order valence-electron chi connectivity index (χ4n) is 3.37. The Morgan fingerprint density at radius 3 is 2.75 bits per heavy atom. The topological polar surface area (TPSA) is 90.0 Å². The van der Waals surface area contributed by atoms with Crippen molar-refractivity contribution in [2.24, 2.45) is 0 Å². The van der Waals surface area contributed by atoms with Crippen molar-refractivity contribution in [3.63, 3.8) is 0 Å². The second-order valence-electron chi connectivity index (χ2n) is 6.23. The molecule has 1 fully saturated rings. The number of rotatable bonds is 2. The van der Waals surface area contributed by atoms with Crippen LogP contribution in [0.15, 0.2) is 6.07 Å². The minimum atomic E-state index is -4.18. The highest BCUT2D eigenvalue weighted by Gasteiger charge is 2.39. The zero-order valence-corrected chi connectivity index (χ0v) is 14.4. The number of hydrogen-bond donors (Lipinski definition) is 2. The molecule has 0 aliphatic carbocycles. The van der Waals surface area contributed by atoms with E-state index in [2.05, 4.69) is 4.90 Å². The molecule has 0 aromatic heterocycles. The monoisotopic (exact) mass is 357 g/mol. The number of nitrogens with one attached hydrogen (secondary N) is 1. The van der Waals surface area contributed by atoms with Gasteiger partial charge < -0.3 is 10.0 Å². The maximum absolute atomic E-state index is 15.1. The van der Waals surface area contributed by atoms with E-state index in [1.54, 1.807) is 4.72 Å². The second kappa shape index (κ2) is 5.89. The number of phenolic OH excluding ortho intramolecular Hbond substituents is 1. The molecule has 2 heterocycles. The number of benzene rings is 1. The lowest BCUT2D eigenvalue weighted by Gasteiger charge is -2.24. The van der Waals surface area contributed by atoms with Crippen molar-refractivity contribution in [2.45, 2.75) is 32.2 Å². The van der Waals surface area contributed by atoms with Crippen molar-refractivity contribution in [3.8, 4) is 5.75 Å². The van der Waals surface area contributed by atoms with E-state index in [9.17, 15) is 18.3 Å². The summed E-state index contributed by atoms with van der Waals surface area (Å²) in [5.74, 6) is -1.99. The first kappa shape index (κ1) is 17.0. The Kier molecular flexibility index (Phi) is 4.16. The van der Waals surface area contributed by atoms with Gasteiger partial charge in [-0.1, -0.05) is 6.92 Å². The third-order valence-corrected chi connectivity index (χ3v) is 6.13. The Labute approximate surface area is 140 Å². The number of carbonyl (C=O) groups is 1. The van der Waals surface area contributed by atoms with Crippen LogP contribution in [0.2, 0.25) is 0 Å². The maximum Gasteiger partial charge on any atom is 0.326 e. The molecule has 24 heavy (non-hydrogen) atoms. The minimum Gasteiger partial charge on any atom is -0.506 e. The summed E-state index contributed by atoms with van der Waals surface area (Å²) in [5, 5.41) is 10.2.